The summed E-state index contributed by atoms with van der Waals surface area (Å²) in [6, 6.07) is 0.0648. The van der Waals surface area contributed by atoms with E-state index in [9.17, 15) is 4.79 Å². The largest absolute Gasteiger partial charge is 0.308 e. The van der Waals surface area contributed by atoms with Crippen LogP contribution >= 0.6 is 0 Å². The Kier molecular flexibility index (Phi) is 2.31. The molecule has 1 fully saturated rings. The minimum absolute atomic E-state index is 0.0648. The van der Waals surface area contributed by atoms with E-state index in [4.69, 9.17) is 0 Å². The van der Waals surface area contributed by atoms with Gasteiger partial charge < -0.3 is 5.32 Å². The average Bonchev–Trinajstić information content (AvgIpc) is 2.19. The first kappa shape index (κ1) is 8.31. The highest BCUT2D eigenvalue weighted by Gasteiger charge is 2.20. The summed E-state index contributed by atoms with van der Waals surface area (Å²) in [4.78, 5) is 19.3. The Bertz CT molecular complexity index is 299. The quantitative estimate of drug-likeness (QED) is 0.677. The van der Waals surface area contributed by atoms with Crippen molar-refractivity contribution in [1.82, 2.24) is 15.3 Å². The van der Waals surface area contributed by atoms with Crippen molar-refractivity contribution < 1.29 is 4.79 Å². The summed E-state index contributed by atoms with van der Waals surface area (Å²) in [6.45, 7) is 0.750. The number of carbonyl (C=O) groups excluding carboxylic acids is 1. The van der Waals surface area contributed by atoms with E-state index in [0.717, 1.165) is 12.2 Å². The zero-order chi connectivity index (χ0) is 9.10. The molecule has 0 spiro atoms. The standard InChI is InChI=1S/C9H11N3O/c13-7-1-2-11-8(5-7)9-6-10-3-4-12-9/h3-4,6,8,11H,1-2,5H2. The van der Waals surface area contributed by atoms with E-state index < -0.39 is 0 Å². The van der Waals surface area contributed by atoms with Crippen LogP contribution in [0, 0.1) is 0 Å². The summed E-state index contributed by atoms with van der Waals surface area (Å²) in [5.74, 6) is 0.300. The van der Waals surface area contributed by atoms with Gasteiger partial charge in [-0.1, -0.05) is 0 Å². The topological polar surface area (TPSA) is 54.9 Å². The van der Waals surface area contributed by atoms with Crippen molar-refractivity contribution in [2.45, 2.75) is 18.9 Å². The number of aromatic nitrogens is 2. The number of Topliss-reactive ketones (excluding diaryl/α,β-unsaturated/α-hetero) is 1. The summed E-state index contributed by atoms with van der Waals surface area (Å²) in [6.07, 6.45) is 6.16. The van der Waals surface area contributed by atoms with Gasteiger partial charge in [0.25, 0.3) is 0 Å². The Morgan fingerprint density at radius 1 is 1.46 bits per heavy atom. The third-order valence-corrected chi connectivity index (χ3v) is 2.17. The van der Waals surface area contributed by atoms with E-state index in [1.165, 1.54) is 0 Å². The number of hydrogen-bond acceptors (Lipinski definition) is 4. The van der Waals surface area contributed by atoms with E-state index >= 15 is 0 Å². The Balaban J connectivity index is 2.13. The molecule has 68 valence electrons. The molecule has 1 aromatic rings. The van der Waals surface area contributed by atoms with Crippen LogP contribution in [0.3, 0.4) is 0 Å². The second kappa shape index (κ2) is 3.62. The lowest BCUT2D eigenvalue weighted by Gasteiger charge is -2.21. The third kappa shape index (κ3) is 1.89. The summed E-state index contributed by atoms with van der Waals surface area (Å²) >= 11 is 0. The summed E-state index contributed by atoms with van der Waals surface area (Å²) < 4.78 is 0. The second-order valence-electron chi connectivity index (χ2n) is 3.13. The number of ketones is 1. The fraction of sp³-hybridized carbons (Fsp3) is 0.444. The van der Waals surface area contributed by atoms with E-state index in [1.807, 2.05) is 0 Å². The second-order valence-corrected chi connectivity index (χ2v) is 3.13. The maximum absolute atomic E-state index is 11.2. The third-order valence-electron chi connectivity index (χ3n) is 2.17. The number of nitrogens with zero attached hydrogens (tertiary/aromatic N) is 2. The predicted octanol–water partition coefficient (Wildman–Crippen LogP) is 0.470. The number of carbonyl (C=O) groups is 1. The SMILES string of the molecule is O=C1CCNC(c2cnccn2)C1. The van der Waals surface area contributed by atoms with Crippen LogP contribution in [0.1, 0.15) is 24.6 Å². The Morgan fingerprint density at radius 2 is 2.38 bits per heavy atom. The maximum Gasteiger partial charge on any atom is 0.136 e. The number of hydrogen-bond donors (Lipinski definition) is 1. The van der Waals surface area contributed by atoms with Gasteiger partial charge in [0.05, 0.1) is 11.7 Å². The summed E-state index contributed by atoms with van der Waals surface area (Å²) in [5.41, 5.74) is 0.857. The van der Waals surface area contributed by atoms with Gasteiger partial charge in [0.2, 0.25) is 0 Å². The van der Waals surface area contributed by atoms with Crippen molar-refractivity contribution in [3.8, 4) is 0 Å². The van der Waals surface area contributed by atoms with Gasteiger partial charge in [-0.15, -0.1) is 0 Å². The lowest BCUT2D eigenvalue weighted by Crippen LogP contribution is -2.32. The van der Waals surface area contributed by atoms with Crippen molar-refractivity contribution in [2.75, 3.05) is 6.54 Å². The van der Waals surface area contributed by atoms with E-state index in [0.29, 0.717) is 18.6 Å². The molecule has 13 heavy (non-hydrogen) atoms. The fourth-order valence-electron chi connectivity index (χ4n) is 1.49. The molecule has 0 aliphatic carbocycles. The van der Waals surface area contributed by atoms with Crippen molar-refractivity contribution >= 4 is 5.78 Å². The predicted molar refractivity (Wildman–Crippen MR) is 47.0 cm³/mol. The molecule has 2 rings (SSSR count). The van der Waals surface area contributed by atoms with Gasteiger partial charge in [-0.25, -0.2) is 0 Å². The first-order valence-corrected chi connectivity index (χ1v) is 4.37. The lowest BCUT2D eigenvalue weighted by molar-refractivity contribution is -0.120. The maximum atomic E-state index is 11.2. The van der Waals surface area contributed by atoms with Crippen LogP contribution in [0.5, 0.6) is 0 Å². The van der Waals surface area contributed by atoms with Crippen LogP contribution in [-0.2, 0) is 4.79 Å². The molecule has 1 atom stereocenters. The molecule has 0 aromatic carbocycles. The fourth-order valence-corrected chi connectivity index (χ4v) is 1.49. The van der Waals surface area contributed by atoms with Gasteiger partial charge in [0.1, 0.15) is 5.78 Å². The Hall–Kier alpha value is -1.29. The molecule has 0 radical (unpaired) electrons. The molecule has 0 bridgehead atoms. The minimum Gasteiger partial charge on any atom is -0.308 e. The first-order chi connectivity index (χ1) is 6.36. The molecule has 2 heterocycles. The van der Waals surface area contributed by atoms with Gasteiger partial charge in [0.15, 0.2) is 0 Å². The monoisotopic (exact) mass is 177 g/mol. The normalized spacial score (nSPS) is 23.1. The van der Waals surface area contributed by atoms with Crippen molar-refractivity contribution in [1.29, 1.82) is 0 Å². The van der Waals surface area contributed by atoms with E-state index in [2.05, 4.69) is 15.3 Å². The number of nitrogens with one attached hydrogen (secondary N) is 1. The Morgan fingerprint density at radius 3 is 3.08 bits per heavy atom. The molecular weight excluding hydrogens is 166 g/mol. The number of rotatable bonds is 1. The van der Waals surface area contributed by atoms with E-state index in [-0.39, 0.29) is 6.04 Å². The molecule has 1 aromatic heterocycles. The first-order valence-electron chi connectivity index (χ1n) is 4.37. The molecule has 4 nitrogen and oxygen atoms in total. The Labute approximate surface area is 76.4 Å². The smallest absolute Gasteiger partial charge is 0.136 e. The zero-order valence-electron chi connectivity index (χ0n) is 7.23. The number of piperidine rings is 1. The van der Waals surface area contributed by atoms with Crippen LogP contribution in [-0.4, -0.2) is 22.3 Å². The van der Waals surface area contributed by atoms with Crippen molar-refractivity contribution in [3.05, 3.63) is 24.3 Å². The molecule has 1 unspecified atom stereocenters. The lowest BCUT2D eigenvalue weighted by atomic mass is 10.0. The van der Waals surface area contributed by atoms with Gasteiger partial charge in [-0.2, -0.15) is 0 Å². The van der Waals surface area contributed by atoms with Gasteiger partial charge in [-0.05, 0) is 0 Å². The van der Waals surface area contributed by atoms with E-state index in [1.54, 1.807) is 18.6 Å². The van der Waals surface area contributed by atoms with Gasteiger partial charge >= 0.3 is 0 Å². The van der Waals surface area contributed by atoms with Crippen LogP contribution in [0.15, 0.2) is 18.6 Å². The average molecular weight is 177 g/mol. The minimum atomic E-state index is 0.0648. The van der Waals surface area contributed by atoms with Gasteiger partial charge in [0, 0.05) is 38.0 Å². The van der Waals surface area contributed by atoms with Crippen LogP contribution in [0.25, 0.3) is 0 Å². The molecule has 1 saturated heterocycles. The summed E-state index contributed by atoms with van der Waals surface area (Å²) in [7, 11) is 0. The van der Waals surface area contributed by atoms with Crippen LogP contribution < -0.4 is 5.32 Å². The molecule has 0 saturated carbocycles. The van der Waals surface area contributed by atoms with Crippen LogP contribution in [0.4, 0.5) is 0 Å². The highest BCUT2D eigenvalue weighted by atomic mass is 16.1. The zero-order valence-corrected chi connectivity index (χ0v) is 7.23. The van der Waals surface area contributed by atoms with Crippen molar-refractivity contribution in [3.63, 3.8) is 0 Å². The molecule has 1 N–H and O–H groups in total. The summed E-state index contributed by atoms with van der Waals surface area (Å²) in [5, 5.41) is 3.24. The molecule has 0 amide bonds. The van der Waals surface area contributed by atoms with Gasteiger partial charge in [-0.3, -0.25) is 14.8 Å². The molecular formula is C9H11N3O. The highest BCUT2D eigenvalue weighted by Crippen LogP contribution is 2.17. The van der Waals surface area contributed by atoms with Crippen LogP contribution in [0.2, 0.25) is 0 Å². The molecule has 1 aliphatic rings. The molecule has 1 aliphatic heterocycles. The molecule has 4 heteroatoms. The highest BCUT2D eigenvalue weighted by molar-refractivity contribution is 5.80. The van der Waals surface area contributed by atoms with Crippen molar-refractivity contribution in [2.24, 2.45) is 0 Å².